The number of halogens is 2. The molecule has 132 valence electrons. The van der Waals surface area contributed by atoms with Gasteiger partial charge in [0.15, 0.2) is 0 Å². The Bertz CT molecular complexity index is 1070. The number of benzene rings is 2. The van der Waals surface area contributed by atoms with Gasteiger partial charge in [0.05, 0.1) is 27.6 Å². The molecule has 0 bridgehead atoms. The number of hydrogen-bond acceptors (Lipinski definition) is 6. The summed E-state index contributed by atoms with van der Waals surface area (Å²) in [5, 5.41) is 29.9. The van der Waals surface area contributed by atoms with E-state index < -0.39 is 0 Å². The molecule has 0 aliphatic rings. The van der Waals surface area contributed by atoms with E-state index in [-0.39, 0.29) is 5.75 Å². The van der Waals surface area contributed by atoms with Gasteiger partial charge in [-0.15, -0.1) is 0 Å². The Balaban J connectivity index is 1.86. The second kappa shape index (κ2) is 7.77. The quantitative estimate of drug-likeness (QED) is 0.337. The number of nitrogens with one attached hydrogen (secondary N) is 1. The summed E-state index contributed by atoms with van der Waals surface area (Å²) in [6.07, 6.45) is 1.46. The minimum atomic E-state index is 0.0508. The van der Waals surface area contributed by atoms with E-state index in [0.717, 1.165) is 0 Å². The molecule has 1 heterocycles. The number of aromatic nitrogens is 3. The second-order valence-corrected chi connectivity index (χ2v) is 6.37. The number of aryl methyl sites for hydroxylation is 1. The van der Waals surface area contributed by atoms with E-state index >= 15 is 0 Å². The first-order valence-corrected chi connectivity index (χ1v) is 8.48. The third-order valence-electron chi connectivity index (χ3n) is 3.32. The van der Waals surface area contributed by atoms with Crippen LogP contribution in [0, 0.1) is 11.7 Å². The van der Waals surface area contributed by atoms with E-state index in [1.807, 2.05) is 0 Å². The Kier molecular flexibility index (Phi) is 5.46. The lowest BCUT2D eigenvalue weighted by Gasteiger charge is -2.01. The van der Waals surface area contributed by atoms with Gasteiger partial charge in [0.2, 0.25) is 4.77 Å². The lowest BCUT2D eigenvalue weighted by Crippen LogP contribution is -1.94. The molecule has 10 heteroatoms. The number of aromatic amines is 1. The van der Waals surface area contributed by atoms with Crippen LogP contribution in [-0.4, -0.2) is 26.2 Å². The molecule has 0 radical (unpaired) electrons. The van der Waals surface area contributed by atoms with Crippen LogP contribution in [0.1, 0.15) is 11.4 Å². The number of aromatic hydroxyl groups is 1. The van der Waals surface area contributed by atoms with Gasteiger partial charge in [-0.05, 0) is 55.5 Å². The molecule has 3 aromatic rings. The van der Waals surface area contributed by atoms with Crippen molar-refractivity contribution in [1.29, 1.82) is 0 Å². The average molecular weight is 407 g/mol. The maximum Gasteiger partial charge on any atom is 0.216 e. The SMILES string of the molecule is Cc1n[nH]c(=S)n1/N=C/c1cc(N=Nc2ccc(Cl)c(Cl)c2)ccc1O. The Morgan fingerprint density at radius 3 is 2.46 bits per heavy atom. The first-order chi connectivity index (χ1) is 12.4. The van der Waals surface area contributed by atoms with E-state index in [0.29, 0.717) is 37.6 Å². The summed E-state index contributed by atoms with van der Waals surface area (Å²) in [6.45, 7) is 1.76. The molecule has 7 nitrogen and oxygen atoms in total. The van der Waals surface area contributed by atoms with Crippen molar-refractivity contribution in [2.75, 3.05) is 0 Å². The number of H-pyrrole nitrogens is 1. The largest absolute Gasteiger partial charge is 0.507 e. The fraction of sp³-hybridized carbons (Fsp3) is 0.0625. The molecule has 0 aliphatic carbocycles. The van der Waals surface area contributed by atoms with Crippen LogP contribution in [0.4, 0.5) is 11.4 Å². The van der Waals surface area contributed by atoms with Gasteiger partial charge >= 0.3 is 0 Å². The van der Waals surface area contributed by atoms with Crippen molar-refractivity contribution in [2.24, 2.45) is 15.3 Å². The lowest BCUT2D eigenvalue weighted by atomic mass is 10.2. The Morgan fingerprint density at radius 2 is 1.81 bits per heavy atom. The highest BCUT2D eigenvalue weighted by molar-refractivity contribution is 7.71. The van der Waals surface area contributed by atoms with Gasteiger partial charge in [0, 0.05) is 5.56 Å². The van der Waals surface area contributed by atoms with Crippen molar-refractivity contribution in [3.8, 4) is 5.75 Å². The van der Waals surface area contributed by atoms with E-state index in [1.165, 1.54) is 17.0 Å². The maximum absolute atomic E-state index is 10.0. The highest BCUT2D eigenvalue weighted by atomic mass is 35.5. The first-order valence-electron chi connectivity index (χ1n) is 7.32. The number of rotatable bonds is 4. The monoisotopic (exact) mass is 406 g/mol. The highest BCUT2D eigenvalue weighted by Gasteiger charge is 2.03. The molecule has 0 unspecified atom stereocenters. The van der Waals surface area contributed by atoms with Crippen LogP contribution in [0.25, 0.3) is 0 Å². The fourth-order valence-corrected chi connectivity index (χ4v) is 2.51. The minimum absolute atomic E-state index is 0.0508. The summed E-state index contributed by atoms with van der Waals surface area (Å²) in [6, 6.07) is 9.72. The van der Waals surface area contributed by atoms with Gasteiger partial charge < -0.3 is 5.11 Å². The van der Waals surface area contributed by atoms with Crippen LogP contribution in [0.2, 0.25) is 10.0 Å². The van der Waals surface area contributed by atoms with Gasteiger partial charge in [0.25, 0.3) is 0 Å². The predicted molar refractivity (Wildman–Crippen MR) is 104 cm³/mol. The van der Waals surface area contributed by atoms with Crippen molar-refractivity contribution in [1.82, 2.24) is 14.9 Å². The molecule has 0 saturated carbocycles. The molecular formula is C16H12Cl2N6OS. The molecule has 0 aliphatic heterocycles. The molecule has 0 spiro atoms. The second-order valence-electron chi connectivity index (χ2n) is 5.17. The molecule has 1 aromatic heterocycles. The van der Waals surface area contributed by atoms with Crippen molar-refractivity contribution < 1.29 is 5.11 Å². The number of phenolic OH excluding ortho intramolecular Hbond substituents is 1. The van der Waals surface area contributed by atoms with Crippen molar-refractivity contribution in [3.05, 3.63) is 62.6 Å². The first kappa shape index (κ1) is 18.2. The number of nitrogens with zero attached hydrogens (tertiary/aromatic N) is 5. The van der Waals surface area contributed by atoms with Crippen molar-refractivity contribution >= 4 is 53.0 Å². The zero-order valence-corrected chi connectivity index (χ0v) is 15.7. The summed E-state index contributed by atoms with van der Waals surface area (Å²) < 4.78 is 1.80. The molecule has 0 atom stereocenters. The Labute approximate surface area is 163 Å². The van der Waals surface area contributed by atoms with Crippen LogP contribution in [0.3, 0.4) is 0 Å². The molecule has 3 rings (SSSR count). The van der Waals surface area contributed by atoms with Gasteiger partial charge in [-0.25, -0.2) is 0 Å². The lowest BCUT2D eigenvalue weighted by molar-refractivity contribution is 0.474. The molecule has 0 fully saturated rings. The molecule has 0 amide bonds. The van der Waals surface area contributed by atoms with Gasteiger partial charge in [0.1, 0.15) is 11.6 Å². The smallest absolute Gasteiger partial charge is 0.216 e. The average Bonchev–Trinajstić information content (AvgIpc) is 2.94. The highest BCUT2D eigenvalue weighted by Crippen LogP contribution is 2.28. The Morgan fingerprint density at radius 1 is 1.12 bits per heavy atom. The zero-order chi connectivity index (χ0) is 18.7. The molecule has 26 heavy (non-hydrogen) atoms. The predicted octanol–water partition coefficient (Wildman–Crippen LogP) is 5.56. The summed E-state index contributed by atoms with van der Waals surface area (Å²) in [4.78, 5) is 0. The van der Waals surface area contributed by atoms with Crippen molar-refractivity contribution in [2.45, 2.75) is 6.92 Å². The van der Waals surface area contributed by atoms with Crippen LogP contribution in [0.15, 0.2) is 51.7 Å². The van der Waals surface area contributed by atoms with Crippen LogP contribution in [0.5, 0.6) is 5.75 Å². The third kappa shape index (κ3) is 4.16. The maximum atomic E-state index is 10.0. The third-order valence-corrected chi connectivity index (χ3v) is 4.32. The number of hydrogen-bond donors (Lipinski definition) is 2. The molecule has 2 N–H and O–H groups in total. The van der Waals surface area contributed by atoms with E-state index in [4.69, 9.17) is 35.4 Å². The van der Waals surface area contributed by atoms with Gasteiger partial charge in [-0.3, -0.25) is 5.10 Å². The van der Waals surface area contributed by atoms with Crippen LogP contribution >= 0.6 is 35.4 Å². The topological polar surface area (TPSA) is 90.9 Å². The summed E-state index contributed by atoms with van der Waals surface area (Å²) in [7, 11) is 0. The fourth-order valence-electron chi connectivity index (χ4n) is 2.00. The van der Waals surface area contributed by atoms with Crippen LogP contribution in [-0.2, 0) is 0 Å². The summed E-state index contributed by atoms with van der Waals surface area (Å²) in [5.41, 5.74) is 1.55. The minimum Gasteiger partial charge on any atom is -0.507 e. The normalized spacial score (nSPS) is 11.7. The number of phenols is 1. The zero-order valence-electron chi connectivity index (χ0n) is 13.4. The molecule has 0 saturated heterocycles. The van der Waals surface area contributed by atoms with Gasteiger partial charge in [-0.2, -0.15) is 25.1 Å². The Hall–Kier alpha value is -2.55. The molecule has 2 aromatic carbocycles. The summed E-state index contributed by atoms with van der Waals surface area (Å²) >= 11 is 16.9. The standard InChI is InChI=1S/C16H12Cl2N6OS/c1-9-20-23-16(26)24(9)19-8-10-6-11(3-5-15(10)25)21-22-12-2-4-13(17)14(18)7-12/h2-8,25H,1H3,(H,23,26)/b19-8+,22-21?. The van der Waals surface area contributed by atoms with E-state index in [2.05, 4.69) is 25.5 Å². The van der Waals surface area contributed by atoms with Gasteiger partial charge in [-0.1, -0.05) is 23.2 Å². The van der Waals surface area contributed by atoms with E-state index in [9.17, 15) is 5.11 Å². The summed E-state index contributed by atoms with van der Waals surface area (Å²) in [5.74, 6) is 0.649. The van der Waals surface area contributed by atoms with E-state index in [1.54, 1.807) is 37.3 Å². The van der Waals surface area contributed by atoms with Crippen molar-refractivity contribution in [3.63, 3.8) is 0 Å². The van der Waals surface area contributed by atoms with Crippen LogP contribution < -0.4 is 0 Å². The number of azo groups is 1. The molecular weight excluding hydrogens is 395 g/mol.